The van der Waals surface area contributed by atoms with E-state index in [1.54, 1.807) is 0 Å². The maximum absolute atomic E-state index is 11.9. The first-order chi connectivity index (χ1) is 7.04. The van der Waals surface area contributed by atoms with Gasteiger partial charge >= 0.3 is 12.6 Å². The molecule has 0 aliphatic rings. The quantitative estimate of drug-likeness (QED) is 0.828. The summed E-state index contributed by atoms with van der Waals surface area (Å²) in [4.78, 5) is 14.0. The molecule has 0 fully saturated rings. The van der Waals surface area contributed by atoms with Gasteiger partial charge in [-0.1, -0.05) is 0 Å². The SMILES string of the molecule is COc1ncc(C(=O)O)cc1OC(F)F. The van der Waals surface area contributed by atoms with Crippen molar-refractivity contribution in [2.45, 2.75) is 6.61 Å². The Labute approximate surface area is 83.3 Å². The van der Waals surface area contributed by atoms with Gasteiger partial charge in [0, 0.05) is 12.3 Å². The topological polar surface area (TPSA) is 68.7 Å². The lowest BCUT2D eigenvalue weighted by Gasteiger charge is -2.08. The summed E-state index contributed by atoms with van der Waals surface area (Å²) < 4.78 is 32.5. The number of pyridine rings is 1. The van der Waals surface area contributed by atoms with E-state index in [1.807, 2.05) is 0 Å². The molecule has 1 aromatic heterocycles. The van der Waals surface area contributed by atoms with Gasteiger partial charge in [0.2, 0.25) is 0 Å². The summed E-state index contributed by atoms with van der Waals surface area (Å²) in [6.45, 7) is -3.07. The molecule has 0 aliphatic carbocycles. The monoisotopic (exact) mass is 219 g/mol. The van der Waals surface area contributed by atoms with Gasteiger partial charge in [0.1, 0.15) is 0 Å². The molecule has 1 aromatic rings. The van der Waals surface area contributed by atoms with Gasteiger partial charge in [0.25, 0.3) is 5.88 Å². The Morgan fingerprint density at radius 3 is 2.73 bits per heavy atom. The number of carbonyl (C=O) groups is 1. The number of aromatic nitrogens is 1. The first-order valence-corrected chi connectivity index (χ1v) is 3.76. The molecule has 0 radical (unpaired) electrons. The van der Waals surface area contributed by atoms with Gasteiger partial charge in [-0.25, -0.2) is 9.78 Å². The van der Waals surface area contributed by atoms with Crippen LogP contribution < -0.4 is 9.47 Å². The Kier molecular flexibility index (Phi) is 3.37. The van der Waals surface area contributed by atoms with Crippen molar-refractivity contribution >= 4 is 5.97 Å². The van der Waals surface area contributed by atoms with Crippen LogP contribution in [-0.4, -0.2) is 29.8 Å². The maximum Gasteiger partial charge on any atom is 0.387 e. The standard InChI is InChI=1S/C8H7F2NO4/c1-14-6-5(15-8(9)10)2-4(3-11-6)7(12)13/h2-3,8H,1H3,(H,12,13). The highest BCUT2D eigenvalue weighted by Crippen LogP contribution is 2.26. The molecule has 0 amide bonds. The van der Waals surface area contributed by atoms with Crippen LogP contribution in [0.2, 0.25) is 0 Å². The summed E-state index contributed by atoms with van der Waals surface area (Å²) in [7, 11) is 1.21. The van der Waals surface area contributed by atoms with Crippen molar-refractivity contribution < 1.29 is 28.2 Å². The molecule has 15 heavy (non-hydrogen) atoms. The molecule has 0 unspecified atom stereocenters. The van der Waals surface area contributed by atoms with Crippen molar-refractivity contribution in [3.63, 3.8) is 0 Å². The van der Waals surface area contributed by atoms with E-state index in [0.717, 1.165) is 12.3 Å². The van der Waals surface area contributed by atoms with E-state index in [2.05, 4.69) is 14.5 Å². The zero-order chi connectivity index (χ0) is 11.4. The van der Waals surface area contributed by atoms with E-state index >= 15 is 0 Å². The third-order valence-corrected chi connectivity index (χ3v) is 1.47. The average Bonchev–Trinajstić information content (AvgIpc) is 2.16. The van der Waals surface area contributed by atoms with E-state index in [1.165, 1.54) is 7.11 Å². The minimum atomic E-state index is -3.07. The van der Waals surface area contributed by atoms with Crippen molar-refractivity contribution in [3.8, 4) is 11.6 Å². The lowest BCUT2D eigenvalue weighted by Crippen LogP contribution is -2.06. The van der Waals surface area contributed by atoms with Gasteiger partial charge in [0.05, 0.1) is 12.7 Å². The van der Waals surface area contributed by atoms with Gasteiger partial charge in [-0.05, 0) is 0 Å². The van der Waals surface area contributed by atoms with Crippen LogP contribution in [0.5, 0.6) is 11.6 Å². The van der Waals surface area contributed by atoms with Crippen molar-refractivity contribution in [2.24, 2.45) is 0 Å². The van der Waals surface area contributed by atoms with Crippen LogP contribution in [0.25, 0.3) is 0 Å². The third kappa shape index (κ3) is 2.76. The highest BCUT2D eigenvalue weighted by Gasteiger charge is 2.14. The number of carboxylic acid groups (broad SMARTS) is 1. The second-order valence-corrected chi connectivity index (χ2v) is 2.42. The van der Waals surface area contributed by atoms with E-state index < -0.39 is 18.3 Å². The number of aromatic carboxylic acids is 1. The summed E-state index contributed by atoms with van der Waals surface area (Å²) in [5.41, 5.74) is -0.258. The number of methoxy groups -OCH3 is 1. The number of hydrogen-bond acceptors (Lipinski definition) is 4. The Morgan fingerprint density at radius 2 is 2.27 bits per heavy atom. The van der Waals surface area contributed by atoms with E-state index in [4.69, 9.17) is 5.11 Å². The summed E-state index contributed by atoms with van der Waals surface area (Å²) in [5.74, 6) is -1.89. The van der Waals surface area contributed by atoms with Crippen molar-refractivity contribution in [1.82, 2.24) is 4.98 Å². The number of hydrogen-bond donors (Lipinski definition) is 1. The highest BCUT2D eigenvalue weighted by molar-refractivity contribution is 5.87. The number of rotatable bonds is 4. The number of alkyl halides is 2. The van der Waals surface area contributed by atoms with Crippen molar-refractivity contribution in [1.29, 1.82) is 0 Å². The predicted octanol–water partition coefficient (Wildman–Crippen LogP) is 1.39. The smallest absolute Gasteiger partial charge is 0.387 e. The number of halogens is 2. The van der Waals surface area contributed by atoms with Crippen LogP contribution in [0.1, 0.15) is 10.4 Å². The van der Waals surface area contributed by atoms with Gasteiger partial charge in [-0.15, -0.1) is 0 Å². The molecule has 0 aliphatic heterocycles. The minimum absolute atomic E-state index is 0.194. The molecule has 0 spiro atoms. The molecule has 0 atom stereocenters. The summed E-state index contributed by atoms with van der Waals surface area (Å²) in [6, 6.07) is 0.917. The number of ether oxygens (including phenoxy) is 2. The Morgan fingerprint density at radius 1 is 1.60 bits per heavy atom. The van der Waals surface area contributed by atoms with Gasteiger partial charge < -0.3 is 14.6 Å². The van der Waals surface area contributed by atoms with Crippen LogP contribution in [0.3, 0.4) is 0 Å². The van der Waals surface area contributed by atoms with Crippen LogP contribution in [0.15, 0.2) is 12.3 Å². The Hall–Kier alpha value is -1.92. The molecule has 82 valence electrons. The van der Waals surface area contributed by atoms with Crippen LogP contribution >= 0.6 is 0 Å². The summed E-state index contributed by atoms with van der Waals surface area (Å²) >= 11 is 0. The molecule has 0 saturated heterocycles. The first kappa shape index (κ1) is 11.2. The predicted molar refractivity (Wildman–Crippen MR) is 44.4 cm³/mol. The summed E-state index contributed by atoms with van der Waals surface area (Å²) in [6.07, 6.45) is 0.986. The Balaban J connectivity index is 3.07. The minimum Gasteiger partial charge on any atom is -0.478 e. The second-order valence-electron chi connectivity index (χ2n) is 2.42. The fourth-order valence-electron chi connectivity index (χ4n) is 0.883. The molecule has 7 heteroatoms. The first-order valence-electron chi connectivity index (χ1n) is 3.76. The van der Waals surface area contributed by atoms with Crippen LogP contribution in [0.4, 0.5) is 8.78 Å². The molecule has 0 aromatic carbocycles. The molecule has 1 N–H and O–H groups in total. The molecule has 0 saturated carbocycles. The van der Waals surface area contributed by atoms with Gasteiger partial charge in [-0.3, -0.25) is 0 Å². The van der Waals surface area contributed by atoms with Crippen molar-refractivity contribution in [3.05, 3.63) is 17.8 Å². The fourth-order valence-corrected chi connectivity index (χ4v) is 0.883. The third-order valence-electron chi connectivity index (χ3n) is 1.47. The molecule has 1 rings (SSSR count). The van der Waals surface area contributed by atoms with E-state index in [-0.39, 0.29) is 11.4 Å². The van der Waals surface area contributed by atoms with Gasteiger partial charge in [-0.2, -0.15) is 8.78 Å². The largest absolute Gasteiger partial charge is 0.478 e. The fraction of sp³-hybridized carbons (Fsp3) is 0.250. The number of nitrogens with zero attached hydrogens (tertiary/aromatic N) is 1. The highest BCUT2D eigenvalue weighted by atomic mass is 19.3. The lowest BCUT2D eigenvalue weighted by atomic mass is 10.3. The molecular weight excluding hydrogens is 212 g/mol. The lowest BCUT2D eigenvalue weighted by molar-refractivity contribution is -0.0516. The normalized spacial score (nSPS) is 10.1. The zero-order valence-electron chi connectivity index (χ0n) is 7.61. The summed E-state index contributed by atoms with van der Waals surface area (Å²) in [5, 5.41) is 8.58. The van der Waals surface area contributed by atoms with E-state index in [0.29, 0.717) is 0 Å². The number of carboxylic acids is 1. The second kappa shape index (κ2) is 4.54. The molecule has 0 bridgehead atoms. The zero-order valence-corrected chi connectivity index (χ0v) is 7.61. The van der Waals surface area contributed by atoms with Crippen LogP contribution in [0, 0.1) is 0 Å². The maximum atomic E-state index is 11.9. The molecule has 1 heterocycles. The molecule has 5 nitrogen and oxygen atoms in total. The van der Waals surface area contributed by atoms with Crippen LogP contribution in [-0.2, 0) is 0 Å². The molecular formula is C8H7F2NO4. The average molecular weight is 219 g/mol. The van der Waals surface area contributed by atoms with Gasteiger partial charge in [0.15, 0.2) is 5.75 Å². The van der Waals surface area contributed by atoms with Crippen molar-refractivity contribution in [2.75, 3.05) is 7.11 Å². The van der Waals surface area contributed by atoms with E-state index in [9.17, 15) is 13.6 Å². The Bertz CT molecular complexity index is 370.